The first kappa shape index (κ1) is 22.9. The van der Waals surface area contributed by atoms with Crippen LogP contribution in [-0.4, -0.2) is 11.2 Å². The Labute approximate surface area is 187 Å². The van der Waals surface area contributed by atoms with Gasteiger partial charge in [0.15, 0.2) is 0 Å². The SMILES string of the molecule is CCC1C2CCC3=C(CC[C@]4(C)[C@@H]([C@H](C)CCCC(C)C)CC[C@@H]34)[C@@]2(C)CC[C@@H]1O. The van der Waals surface area contributed by atoms with E-state index in [1.54, 1.807) is 0 Å². The molecule has 2 fully saturated rings. The monoisotopic (exact) mass is 414 g/mol. The number of hydrogen-bond donors (Lipinski definition) is 1. The maximum atomic E-state index is 10.7. The molecule has 8 atom stereocenters. The average Bonchev–Trinajstić information content (AvgIpc) is 3.05. The molecule has 0 aromatic heterocycles. The third-order valence-electron chi connectivity index (χ3n) is 10.9. The lowest BCUT2D eigenvalue weighted by atomic mass is 9.48. The van der Waals surface area contributed by atoms with E-state index in [-0.39, 0.29) is 6.10 Å². The van der Waals surface area contributed by atoms with Crippen LogP contribution < -0.4 is 0 Å². The van der Waals surface area contributed by atoms with E-state index in [9.17, 15) is 5.11 Å². The summed E-state index contributed by atoms with van der Waals surface area (Å²) in [7, 11) is 0. The van der Waals surface area contributed by atoms with Crippen molar-refractivity contribution in [3.05, 3.63) is 11.1 Å². The van der Waals surface area contributed by atoms with Crippen molar-refractivity contribution >= 4 is 0 Å². The second kappa shape index (κ2) is 8.57. The van der Waals surface area contributed by atoms with Crippen LogP contribution in [0, 0.1) is 46.3 Å². The quantitative estimate of drug-likeness (QED) is 0.434. The summed E-state index contributed by atoms with van der Waals surface area (Å²) in [6.07, 6.45) is 16.0. The molecule has 4 aliphatic carbocycles. The molecule has 0 aromatic carbocycles. The summed E-state index contributed by atoms with van der Waals surface area (Å²) in [5.74, 6) is 4.80. The Bertz CT molecular complexity index is 647. The molecule has 30 heavy (non-hydrogen) atoms. The van der Waals surface area contributed by atoms with Gasteiger partial charge in [-0.1, -0.05) is 78.4 Å². The molecule has 1 heteroatoms. The van der Waals surface area contributed by atoms with Crippen molar-refractivity contribution in [3.63, 3.8) is 0 Å². The number of aliphatic hydroxyl groups is 1. The zero-order valence-electron chi connectivity index (χ0n) is 21.0. The summed E-state index contributed by atoms with van der Waals surface area (Å²) in [5, 5.41) is 10.7. The van der Waals surface area contributed by atoms with Crippen molar-refractivity contribution in [2.45, 2.75) is 125 Å². The molecule has 172 valence electrons. The summed E-state index contributed by atoms with van der Waals surface area (Å²) in [4.78, 5) is 0. The van der Waals surface area contributed by atoms with Crippen molar-refractivity contribution in [2.75, 3.05) is 0 Å². The Morgan fingerprint density at radius 2 is 1.73 bits per heavy atom. The smallest absolute Gasteiger partial charge is 0.0571 e. The summed E-state index contributed by atoms with van der Waals surface area (Å²) < 4.78 is 0. The lowest BCUT2D eigenvalue weighted by molar-refractivity contribution is -0.0429. The number of hydrogen-bond acceptors (Lipinski definition) is 1. The third kappa shape index (κ3) is 3.64. The van der Waals surface area contributed by atoms with Crippen molar-refractivity contribution in [1.82, 2.24) is 0 Å². The molecule has 0 radical (unpaired) electrons. The summed E-state index contributed by atoms with van der Waals surface area (Å²) in [5.41, 5.74) is 4.75. The molecule has 0 aromatic rings. The van der Waals surface area contributed by atoms with E-state index >= 15 is 0 Å². The van der Waals surface area contributed by atoms with Gasteiger partial charge in [-0.25, -0.2) is 0 Å². The topological polar surface area (TPSA) is 20.2 Å². The van der Waals surface area contributed by atoms with Crippen LogP contribution in [0.1, 0.15) is 119 Å². The average molecular weight is 415 g/mol. The van der Waals surface area contributed by atoms with Crippen LogP contribution in [-0.2, 0) is 0 Å². The highest BCUT2D eigenvalue weighted by Crippen LogP contribution is 2.66. The second-order valence-electron chi connectivity index (χ2n) is 12.8. The second-order valence-corrected chi connectivity index (χ2v) is 12.8. The van der Waals surface area contributed by atoms with Crippen molar-refractivity contribution in [2.24, 2.45) is 46.3 Å². The van der Waals surface area contributed by atoms with Gasteiger partial charge in [-0.2, -0.15) is 0 Å². The minimum absolute atomic E-state index is 0.0494. The van der Waals surface area contributed by atoms with E-state index in [0.29, 0.717) is 16.7 Å². The van der Waals surface area contributed by atoms with Gasteiger partial charge in [0.2, 0.25) is 0 Å². The van der Waals surface area contributed by atoms with Gasteiger partial charge < -0.3 is 5.11 Å². The number of aliphatic hydroxyl groups excluding tert-OH is 1. The third-order valence-corrected chi connectivity index (χ3v) is 10.9. The van der Waals surface area contributed by atoms with Gasteiger partial charge in [-0.05, 0) is 97.7 Å². The minimum atomic E-state index is -0.0494. The van der Waals surface area contributed by atoms with Crippen LogP contribution in [0.4, 0.5) is 0 Å². The van der Waals surface area contributed by atoms with Gasteiger partial charge >= 0.3 is 0 Å². The molecule has 4 aliphatic rings. The molecule has 0 spiro atoms. The maximum absolute atomic E-state index is 10.7. The molecule has 0 aliphatic heterocycles. The number of rotatable bonds is 6. The van der Waals surface area contributed by atoms with Gasteiger partial charge in [0.05, 0.1) is 6.10 Å². The minimum Gasteiger partial charge on any atom is -0.393 e. The molecule has 1 nitrogen and oxygen atoms in total. The molecule has 2 saturated carbocycles. The van der Waals surface area contributed by atoms with Crippen molar-refractivity contribution in [3.8, 4) is 0 Å². The van der Waals surface area contributed by atoms with E-state index < -0.39 is 0 Å². The van der Waals surface area contributed by atoms with E-state index in [4.69, 9.17) is 0 Å². The highest BCUT2D eigenvalue weighted by Gasteiger charge is 2.57. The standard InChI is InChI=1S/C29H50O/c1-7-21-24-12-11-22-25-14-13-23(20(4)10-8-9-19(2)3)28(25,5)17-15-26(22)29(24,6)18-16-27(21)30/h19-21,23-25,27,30H,7-18H2,1-6H3/t20-,21?,23-,24?,25+,27+,28-,29+/m1/s1. The molecule has 0 saturated heterocycles. The van der Waals surface area contributed by atoms with E-state index in [2.05, 4.69) is 41.5 Å². The lowest BCUT2D eigenvalue weighted by Crippen LogP contribution is -2.49. The molecule has 0 heterocycles. The predicted molar refractivity (Wildman–Crippen MR) is 128 cm³/mol. The Morgan fingerprint density at radius 1 is 0.967 bits per heavy atom. The van der Waals surface area contributed by atoms with Crippen molar-refractivity contribution in [1.29, 1.82) is 0 Å². The van der Waals surface area contributed by atoms with Crippen LogP contribution in [0.25, 0.3) is 0 Å². The summed E-state index contributed by atoms with van der Waals surface area (Å²) in [6.45, 7) is 14.9. The highest BCUT2D eigenvalue weighted by atomic mass is 16.3. The van der Waals surface area contributed by atoms with E-state index in [1.165, 1.54) is 64.2 Å². The van der Waals surface area contributed by atoms with Gasteiger partial charge in [0.25, 0.3) is 0 Å². The van der Waals surface area contributed by atoms with Crippen LogP contribution in [0.3, 0.4) is 0 Å². The maximum Gasteiger partial charge on any atom is 0.0571 e. The van der Waals surface area contributed by atoms with Gasteiger partial charge in [0, 0.05) is 0 Å². The molecule has 4 rings (SSSR count). The lowest BCUT2D eigenvalue weighted by Gasteiger charge is -2.57. The van der Waals surface area contributed by atoms with E-state index in [1.807, 2.05) is 11.1 Å². The van der Waals surface area contributed by atoms with Gasteiger partial charge in [-0.3, -0.25) is 0 Å². The zero-order valence-corrected chi connectivity index (χ0v) is 21.0. The largest absolute Gasteiger partial charge is 0.393 e. The van der Waals surface area contributed by atoms with Gasteiger partial charge in [0.1, 0.15) is 0 Å². The summed E-state index contributed by atoms with van der Waals surface area (Å²) >= 11 is 0. The van der Waals surface area contributed by atoms with Crippen LogP contribution in [0.5, 0.6) is 0 Å². The fraction of sp³-hybridized carbons (Fsp3) is 0.931. The Morgan fingerprint density at radius 3 is 2.43 bits per heavy atom. The number of allylic oxidation sites excluding steroid dienone is 2. The molecule has 1 N–H and O–H groups in total. The van der Waals surface area contributed by atoms with E-state index in [0.717, 1.165) is 42.4 Å². The molecule has 0 bridgehead atoms. The fourth-order valence-electron chi connectivity index (χ4n) is 9.29. The number of fused-ring (bicyclic) bond motifs is 4. The van der Waals surface area contributed by atoms with Gasteiger partial charge in [-0.15, -0.1) is 0 Å². The molecule has 0 amide bonds. The van der Waals surface area contributed by atoms with Crippen molar-refractivity contribution < 1.29 is 5.11 Å². The summed E-state index contributed by atoms with van der Waals surface area (Å²) in [6, 6.07) is 0. The molecular weight excluding hydrogens is 364 g/mol. The van der Waals surface area contributed by atoms with Crippen LogP contribution in [0.2, 0.25) is 0 Å². The zero-order chi connectivity index (χ0) is 21.7. The fourth-order valence-corrected chi connectivity index (χ4v) is 9.29. The molecule has 2 unspecified atom stereocenters. The molecular formula is C29H50O. The Balaban J connectivity index is 1.55. The normalized spacial score (nSPS) is 44.6. The van der Waals surface area contributed by atoms with Crippen LogP contribution in [0.15, 0.2) is 11.1 Å². The van der Waals surface area contributed by atoms with Crippen LogP contribution >= 0.6 is 0 Å². The first-order valence-electron chi connectivity index (χ1n) is 13.6. The first-order valence-corrected chi connectivity index (χ1v) is 13.6. The first-order chi connectivity index (χ1) is 14.2. The predicted octanol–water partition coefficient (Wildman–Crippen LogP) is 8.17. The Hall–Kier alpha value is -0.300. The Kier molecular flexibility index (Phi) is 6.53. The highest BCUT2D eigenvalue weighted by molar-refractivity contribution is 5.34.